The van der Waals surface area contributed by atoms with Gasteiger partial charge in [-0.05, 0) is 24.8 Å². The van der Waals surface area contributed by atoms with Crippen LogP contribution in [0.2, 0.25) is 0 Å². The first-order chi connectivity index (χ1) is 16.4. The number of thioether (sulfide) groups is 1. The van der Waals surface area contributed by atoms with E-state index in [4.69, 9.17) is 15.7 Å². The molecule has 0 aliphatic heterocycles. The van der Waals surface area contributed by atoms with Crippen molar-refractivity contribution in [2.45, 2.75) is 61.6 Å². The first kappa shape index (κ1) is 23.0. The molecule has 0 spiro atoms. The Morgan fingerprint density at radius 2 is 1.97 bits per heavy atom. The zero-order chi connectivity index (χ0) is 24.0. The van der Waals surface area contributed by atoms with Gasteiger partial charge in [0.15, 0.2) is 22.1 Å². The van der Waals surface area contributed by atoms with Crippen LogP contribution >= 0.6 is 11.8 Å². The van der Waals surface area contributed by atoms with Crippen LogP contribution in [0.1, 0.15) is 43.7 Å². The summed E-state index contributed by atoms with van der Waals surface area (Å²) in [4.78, 5) is 23.4. The molecule has 2 aliphatic carbocycles. The number of benzene rings is 1. The molecule has 0 saturated heterocycles. The minimum Gasteiger partial charge on any atom is -0.390 e. The number of amides is 1. The summed E-state index contributed by atoms with van der Waals surface area (Å²) in [5.74, 6) is 0.475. The van der Waals surface area contributed by atoms with Gasteiger partial charge in [-0.15, -0.1) is 5.10 Å². The van der Waals surface area contributed by atoms with E-state index in [1.165, 1.54) is 10.2 Å². The number of likely N-dealkylation sites (N-methyl/N-ethyl adjacent to an activating group) is 1. The van der Waals surface area contributed by atoms with Crippen LogP contribution in [-0.4, -0.2) is 72.1 Å². The third-order valence-corrected chi connectivity index (χ3v) is 7.92. The Morgan fingerprint density at radius 1 is 1.21 bits per heavy atom. The molecule has 0 bridgehead atoms. The van der Waals surface area contributed by atoms with Crippen molar-refractivity contribution in [1.29, 1.82) is 0 Å². The lowest BCUT2D eigenvalue weighted by atomic mass is 10.1. The molecule has 5 rings (SSSR count). The average Bonchev–Trinajstić information content (AvgIpc) is 3.45. The molecule has 6 unspecified atom stereocenters. The van der Waals surface area contributed by atoms with E-state index in [2.05, 4.69) is 46.4 Å². The molecule has 2 saturated carbocycles. The van der Waals surface area contributed by atoms with Crippen LogP contribution < -0.4 is 10.6 Å². The summed E-state index contributed by atoms with van der Waals surface area (Å²) >= 11 is 1.55. The van der Waals surface area contributed by atoms with Gasteiger partial charge in [-0.1, -0.05) is 54.2 Å². The molecule has 2 aliphatic rings. The Bertz CT molecular complexity index is 1190. The van der Waals surface area contributed by atoms with Crippen molar-refractivity contribution in [1.82, 2.24) is 25.0 Å². The number of aliphatic hydroxyl groups is 2. The van der Waals surface area contributed by atoms with E-state index < -0.39 is 30.1 Å². The van der Waals surface area contributed by atoms with Crippen LogP contribution in [0.4, 0.5) is 5.82 Å². The second kappa shape index (κ2) is 9.12. The molecular weight excluding hydrogens is 454 g/mol. The number of nitrogens with two attached hydrogens (primary N) is 1. The number of hydrogen-bond acceptors (Lipinski definition) is 9. The van der Waals surface area contributed by atoms with E-state index in [1.54, 1.807) is 11.8 Å². The number of aliphatic hydroxyl groups excluding tert-OH is 2. The second-order valence-corrected chi connectivity index (χ2v) is 10.2. The number of primary amides is 1. The maximum absolute atomic E-state index is 11.8. The number of hydrogen-bond donors (Lipinski definition) is 3. The lowest BCUT2D eigenvalue weighted by Crippen LogP contribution is -2.35. The van der Waals surface area contributed by atoms with Gasteiger partial charge in [0.2, 0.25) is 5.91 Å². The quantitative estimate of drug-likeness (QED) is 0.321. The van der Waals surface area contributed by atoms with E-state index in [1.807, 2.05) is 13.1 Å². The molecule has 3 aromatic rings. The van der Waals surface area contributed by atoms with Crippen LogP contribution in [-0.2, 0) is 4.79 Å². The number of aromatic nitrogens is 5. The van der Waals surface area contributed by atoms with Gasteiger partial charge >= 0.3 is 0 Å². The van der Waals surface area contributed by atoms with Crippen LogP contribution in [0.5, 0.6) is 0 Å². The fraction of sp³-hybridized carbons (Fsp3) is 0.522. The van der Waals surface area contributed by atoms with Gasteiger partial charge in [0.25, 0.3) is 0 Å². The minimum absolute atomic E-state index is 0.168. The van der Waals surface area contributed by atoms with Crippen molar-refractivity contribution in [3.05, 3.63) is 35.9 Å². The van der Waals surface area contributed by atoms with E-state index in [9.17, 15) is 15.0 Å². The monoisotopic (exact) mass is 483 g/mol. The summed E-state index contributed by atoms with van der Waals surface area (Å²) in [6.45, 7) is 2.10. The van der Waals surface area contributed by atoms with Gasteiger partial charge in [-0.2, -0.15) is 0 Å². The van der Waals surface area contributed by atoms with Crippen molar-refractivity contribution >= 4 is 34.7 Å². The molecule has 2 aromatic heterocycles. The Morgan fingerprint density at radius 3 is 2.65 bits per heavy atom. The summed E-state index contributed by atoms with van der Waals surface area (Å²) in [5, 5.41) is 30.3. The number of anilines is 1. The molecule has 0 radical (unpaired) electrons. The fourth-order valence-electron chi connectivity index (χ4n) is 4.88. The highest BCUT2D eigenvalue weighted by Gasteiger charge is 2.47. The predicted molar refractivity (Wildman–Crippen MR) is 128 cm³/mol. The van der Waals surface area contributed by atoms with Crippen molar-refractivity contribution in [2.24, 2.45) is 11.7 Å². The Hall–Kier alpha value is -2.76. The van der Waals surface area contributed by atoms with Gasteiger partial charge < -0.3 is 20.8 Å². The first-order valence-electron chi connectivity index (χ1n) is 11.6. The summed E-state index contributed by atoms with van der Waals surface area (Å²) < 4.78 is 1.52. The van der Waals surface area contributed by atoms with Gasteiger partial charge in [0.1, 0.15) is 6.10 Å². The molecule has 180 valence electrons. The van der Waals surface area contributed by atoms with Gasteiger partial charge in [0, 0.05) is 24.8 Å². The maximum atomic E-state index is 11.8. The molecule has 2 fully saturated rings. The molecule has 11 heteroatoms. The molecule has 1 amide bonds. The van der Waals surface area contributed by atoms with Crippen LogP contribution in [0.15, 0.2) is 35.5 Å². The predicted octanol–water partition coefficient (Wildman–Crippen LogP) is 1.48. The van der Waals surface area contributed by atoms with E-state index in [0.717, 1.165) is 18.6 Å². The van der Waals surface area contributed by atoms with Gasteiger partial charge in [-0.3, -0.25) is 4.79 Å². The van der Waals surface area contributed by atoms with E-state index in [-0.39, 0.29) is 12.5 Å². The minimum atomic E-state index is -1.25. The third-order valence-electron chi connectivity index (χ3n) is 6.87. The normalized spacial score (nSPS) is 28.4. The Labute approximate surface area is 201 Å². The zero-order valence-electron chi connectivity index (χ0n) is 19.2. The summed E-state index contributed by atoms with van der Waals surface area (Å²) in [6.07, 6.45) is -0.289. The zero-order valence-corrected chi connectivity index (χ0v) is 20.0. The van der Waals surface area contributed by atoms with E-state index >= 15 is 0 Å². The molecule has 4 N–H and O–H groups in total. The lowest BCUT2D eigenvalue weighted by Gasteiger charge is -2.20. The molecule has 10 nitrogen and oxygen atoms in total. The lowest BCUT2D eigenvalue weighted by molar-refractivity contribution is -0.125. The highest BCUT2D eigenvalue weighted by molar-refractivity contribution is 7.99. The van der Waals surface area contributed by atoms with Crippen molar-refractivity contribution in [3.8, 4) is 0 Å². The summed E-state index contributed by atoms with van der Waals surface area (Å²) in [6, 6.07) is 10.0. The summed E-state index contributed by atoms with van der Waals surface area (Å²) in [7, 11) is 2.01. The van der Waals surface area contributed by atoms with Crippen LogP contribution in [0.25, 0.3) is 11.2 Å². The van der Waals surface area contributed by atoms with E-state index in [0.29, 0.717) is 28.1 Å². The van der Waals surface area contributed by atoms with Gasteiger partial charge in [-0.25, -0.2) is 14.6 Å². The summed E-state index contributed by atoms with van der Waals surface area (Å²) in [5.41, 5.74) is 7.75. The van der Waals surface area contributed by atoms with Crippen molar-refractivity contribution in [2.75, 3.05) is 17.7 Å². The molecule has 34 heavy (non-hydrogen) atoms. The number of carbonyl (C=O) groups is 1. The maximum Gasteiger partial charge on any atom is 0.223 e. The SMILES string of the molecule is CCCSc1nc(N(C)C2CC2c2ccccc2)c2nnn(C3CC(C(N)=O)C(O)C3O)c2n1. The number of rotatable bonds is 8. The number of nitrogens with zero attached hydrogens (tertiary/aromatic N) is 6. The van der Waals surface area contributed by atoms with Crippen LogP contribution in [0, 0.1) is 5.92 Å². The average molecular weight is 484 g/mol. The van der Waals surface area contributed by atoms with Crippen molar-refractivity contribution in [3.63, 3.8) is 0 Å². The fourth-order valence-corrected chi connectivity index (χ4v) is 5.57. The van der Waals surface area contributed by atoms with Crippen LogP contribution in [0.3, 0.4) is 0 Å². The molecular formula is C23H29N7O3S. The topological polar surface area (TPSA) is 143 Å². The second-order valence-electron chi connectivity index (χ2n) is 9.11. The smallest absolute Gasteiger partial charge is 0.223 e. The largest absolute Gasteiger partial charge is 0.390 e. The first-order valence-corrected chi connectivity index (χ1v) is 12.6. The third kappa shape index (κ3) is 4.01. The number of fused-ring (bicyclic) bond motifs is 1. The molecule has 1 aromatic carbocycles. The molecule has 2 heterocycles. The molecule has 6 atom stereocenters. The number of carbonyl (C=O) groups excluding carboxylic acids is 1. The Balaban J connectivity index is 1.51. The Kier molecular flexibility index (Phi) is 6.17. The highest BCUT2D eigenvalue weighted by atomic mass is 32.2. The standard InChI is InChI=1S/C23H29N7O3S/c1-3-9-34-23-25-21(29(2)15-10-13(15)12-7-5-4-6-8-12)17-22(26-23)30(28-27-17)16-11-14(20(24)33)18(31)19(16)32/h4-8,13-16,18-19,31-32H,3,9-11H2,1-2H3,(H2,24,33). The van der Waals surface area contributed by atoms with Gasteiger partial charge in [0.05, 0.1) is 18.1 Å². The van der Waals surface area contributed by atoms with Crippen molar-refractivity contribution < 1.29 is 15.0 Å². The highest BCUT2D eigenvalue weighted by Crippen LogP contribution is 2.46.